The lowest BCUT2D eigenvalue weighted by Crippen LogP contribution is -2.56. The highest BCUT2D eigenvalue weighted by Gasteiger charge is 2.53. The zero-order valence-electron chi connectivity index (χ0n) is 27.1. The lowest BCUT2D eigenvalue weighted by Gasteiger charge is -2.35. The largest absolute Gasteiger partial charge is 0.444 e. The van der Waals surface area contributed by atoms with E-state index in [4.69, 9.17) is 4.74 Å². The lowest BCUT2D eigenvalue weighted by molar-refractivity contribution is -0.143. The monoisotopic (exact) mass is 665 g/mol. The maximum Gasteiger partial charge on any atom is 0.416 e. The molecule has 3 unspecified atom stereocenters. The van der Waals surface area contributed by atoms with Gasteiger partial charge in [0, 0.05) is 25.7 Å². The number of halogens is 6. The minimum absolute atomic E-state index is 0.0468. The summed E-state index contributed by atoms with van der Waals surface area (Å²) in [4.78, 5) is 31.0. The Morgan fingerprint density at radius 1 is 0.979 bits per heavy atom. The number of allylic oxidation sites excluding steroid dienone is 1. The molecule has 0 bridgehead atoms. The quantitative estimate of drug-likeness (QED) is 0.338. The number of benzene rings is 2. The average molecular weight is 666 g/mol. The molecule has 0 spiro atoms. The van der Waals surface area contributed by atoms with Crippen molar-refractivity contribution in [2.75, 3.05) is 19.6 Å². The summed E-state index contributed by atoms with van der Waals surface area (Å²) in [6, 6.07) is 9.34. The van der Waals surface area contributed by atoms with Gasteiger partial charge in [0.1, 0.15) is 11.1 Å². The molecule has 1 N–H and O–H groups in total. The third-order valence-corrected chi connectivity index (χ3v) is 9.61. The molecular formula is C35H41F6N3O3. The van der Waals surface area contributed by atoms with Crippen LogP contribution in [0, 0.1) is 11.8 Å². The molecule has 5 atom stereocenters. The zero-order chi connectivity index (χ0) is 34.5. The van der Waals surface area contributed by atoms with Crippen LogP contribution in [0.1, 0.15) is 81.2 Å². The summed E-state index contributed by atoms with van der Waals surface area (Å²) in [5, 5.41) is 2.53. The number of nitrogens with zero attached hydrogens (tertiary/aromatic N) is 2. The van der Waals surface area contributed by atoms with Crippen LogP contribution in [0.25, 0.3) is 6.08 Å². The number of carbonyl (C=O) groups excluding carboxylic acids is 2. The molecule has 2 aliphatic heterocycles. The maximum absolute atomic E-state index is 13.9. The maximum atomic E-state index is 13.9. The Bertz CT molecular complexity index is 1500. The van der Waals surface area contributed by atoms with E-state index >= 15 is 0 Å². The van der Waals surface area contributed by atoms with Crippen LogP contribution in [0.15, 0.2) is 48.5 Å². The second-order valence-corrected chi connectivity index (χ2v) is 14.3. The first-order chi connectivity index (χ1) is 21.8. The molecule has 2 aromatic rings. The number of amides is 2. The molecule has 2 heterocycles. The fraction of sp³-hybridized carbons (Fsp3) is 0.543. The van der Waals surface area contributed by atoms with Crippen LogP contribution in [-0.4, -0.2) is 58.6 Å². The summed E-state index contributed by atoms with van der Waals surface area (Å²) < 4.78 is 86.3. The van der Waals surface area contributed by atoms with Crippen molar-refractivity contribution in [1.82, 2.24) is 15.1 Å². The van der Waals surface area contributed by atoms with Gasteiger partial charge >= 0.3 is 18.4 Å². The highest BCUT2D eigenvalue weighted by Crippen LogP contribution is 2.44. The fourth-order valence-electron chi connectivity index (χ4n) is 7.30. The first-order valence-corrected chi connectivity index (χ1v) is 15.8. The van der Waals surface area contributed by atoms with E-state index in [0.29, 0.717) is 24.0 Å². The van der Waals surface area contributed by atoms with Crippen molar-refractivity contribution in [3.8, 4) is 0 Å². The van der Waals surface area contributed by atoms with Crippen LogP contribution in [0.3, 0.4) is 0 Å². The summed E-state index contributed by atoms with van der Waals surface area (Å²) in [5.41, 5.74) is -3.12. The molecule has 2 amide bonds. The molecule has 47 heavy (non-hydrogen) atoms. The Labute approximate surface area is 271 Å². The zero-order valence-corrected chi connectivity index (χ0v) is 27.1. The van der Waals surface area contributed by atoms with Gasteiger partial charge in [0.05, 0.1) is 11.1 Å². The number of fused-ring (bicyclic) bond motifs is 3. The van der Waals surface area contributed by atoms with E-state index in [1.807, 2.05) is 12.1 Å². The normalized spacial score (nSPS) is 26.7. The van der Waals surface area contributed by atoms with Crippen LogP contribution >= 0.6 is 0 Å². The summed E-state index contributed by atoms with van der Waals surface area (Å²) in [5.74, 6) is 0.224. The van der Waals surface area contributed by atoms with Gasteiger partial charge in [0.15, 0.2) is 0 Å². The first-order valence-electron chi connectivity index (χ1n) is 15.8. The molecule has 0 aromatic heterocycles. The van der Waals surface area contributed by atoms with Crippen molar-refractivity contribution in [2.45, 2.75) is 89.5 Å². The van der Waals surface area contributed by atoms with Gasteiger partial charge in [0.25, 0.3) is 0 Å². The molecule has 2 aromatic carbocycles. The molecule has 2 saturated heterocycles. The summed E-state index contributed by atoms with van der Waals surface area (Å²) in [6.45, 7) is 9.90. The van der Waals surface area contributed by atoms with E-state index in [-0.39, 0.29) is 36.6 Å². The van der Waals surface area contributed by atoms with E-state index in [2.05, 4.69) is 41.4 Å². The van der Waals surface area contributed by atoms with E-state index < -0.39 is 53.2 Å². The van der Waals surface area contributed by atoms with Gasteiger partial charge in [0.2, 0.25) is 5.91 Å². The Morgan fingerprint density at radius 2 is 1.62 bits per heavy atom. The number of rotatable bonds is 4. The average Bonchev–Trinajstić information content (AvgIpc) is 3.24. The second-order valence-electron chi connectivity index (χ2n) is 14.3. The number of ether oxygens (including phenoxy) is 1. The highest BCUT2D eigenvalue weighted by molar-refractivity contribution is 5.90. The van der Waals surface area contributed by atoms with Crippen molar-refractivity contribution >= 4 is 18.1 Å². The minimum atomic E-state index is -5.02. The lowest BCUT2D eigenvalue weighted by atomic mass is 9.73. The number of nitrogens with one attached hydrogen (secondary N) is 1. The van der Waals surface area contributed by atoms with Gasteiger partial charge in [-0.15, -0.1) is 0 Å². The van der Waals surface area contributed by atoms with E-state index in [1.165, 1.54) is 16.0 Å². The van der Waals surface area contributed by atoms with Gasteiger partial charge in [-0.05, 0) is 99.7 Å². The molecule has 3 aliphatic rings. The molecule has 1 aliphatic carbocycles. The third kappa shape index (κ3) is 7.47. The molecule has 0 radical (unpaired) electrons. The Kier molecular flexibility index (Phi) is 9.24. The van der Waals surface area contributed by atoms with Crippen LogP contribution in [0.4, 0.5) is 31.1 Å². The molecule has 256 valence electrons. The number of hydrogen-bond donors (Lipinski definition) is 1. The van der Waals surface area contributed by atoms with E-state index in [0.717, 1.165) is 19.5 Å². The molecule has 12 heteroatoms. The number of carbonyl (C=O) groups is 2. The van der Waals surface area contributed by atoms with Crippen molar-refractivity contribution in [3.05, 3.63) is 76.4 Å². The van der Waals surface area contributed by atoms with Crippen LogP contribution in [-0.2, 0) is 28.4 Å². The predicted molar refractivity (Wildman–Crippen MR) is 165 cm³/mol. The third-order valence-electron chi connectivity index (χ3n) is 9.61. The predicted octanol–water partition coefficient (Wildman–Crippen LogP) is 7.88. The van der Waals surface area contributed by atoms with E-state index in [1.54, 1.807) is 27.7 Å². The summed E-state index contributed by atoms with van der Waals surface area (Å²) in [7, 11) is 0. The Balaban J connectivity index is 1.38. The van der Waals surface area contributed by atoms with Crippen molar-refractivity contribution in [3.63, 3.8) is 0 Å². The standard InChI is InChI=1S/C35H41F6N3O3/c1-21-19-43(13-12-29-27(21)11-10-23-8-6-7-9-28(23)29)26-17-33(5,44(20-26)31(46)47-32(2,3)4)30(45)42-18-22-14-24(34(36,37)38)16-25(15-22)35(39,40)41/h6-11,14-16,21,26-27,29H,12-13,17-20H2,1-5H3,(H,42,45)/t21-,26?,27?,29+,33?/m0/s1. The summed E-state index contributed by atoms with van der Waals surface area (Å²) in [6.07, 6.45) is -5.22. The van der Waals surface area contributed by atoms with Gasteiger partial charge in [-0.3, -0.25) is 14.6 Å². The number of likely N-dealkylation sites (tertiary alicyclic amines) is 2. The molecule has 6 nitrogen and oxygen atoms in total. The fourth-order valence-corrected chi connectivity index (χ4v) is 7.30. The van der Waals surface area contributed by atoms with E-state index in [9.17, 15) is 35.9 Å². The van der Waals surface area contributed by atoms with Gasteiger partial charge in [-0.2, -0.15) is 26.3 Å². The Morgan fingerprint density at radius 3 is 2.23 bits per heavy atom. The van der Waals surface area contributed by atoms with Gasteiger partial charge < -0.3 is 10.1 Å². The summed E-state index contributed by atoms with van der Waals surface area (Å²) >= 11 is 0. The van der Waals surface area contributed by atoms with Crippen LogP contribution in [0.5, 0.6) is 0 Å². The van der Waals surface area contributed by atoms with Crippen molar-refractivity contribution in [1.29, 1.82) is 0 Å². The Hall–Kier alpha value is -3.54. The van der Waals surface area contributed by atoms with Crippen molar-refractivity contribution in [2.24, 2.45) is 11.8 Å². The van der Waals surface area contributed by atoms with Gasteiger partial charge in [-0.25, -0.2) is 4.79 Å². The molecular weight excluding hydrogens is 624 g/mol. The van der Waals surface area contributed by atoms with Crippen molar-refractivity contribution < 1.29 is 40.7 Å². The SMILES string of the molecule is C[C@H]1CN(C2CN(C(=O)OC(C)(C)C)C(C)(C(=O)NCc3cc(C(F)(F)F)cc(C(F)(F)F)c3)C2)CC[C@H]2c3ccccc3C=CC12. The van der Waals surface area contributed by atoms with Crippen LogP contribution < -0.4 is 5.32 Å². The van der Waals surface area contributed by atoms with Crippen LogP contribution in [0.2, 0.25) is 0 Å². The molecule has 5 rings (SSSR count). The highest BCUT2D eigenvalue weighted by atomic mass is 19.4. The van der Waals surface area contributed by atoms with Gasteiger partial charge in [-0.1, -0.05) is 43.3 Å². The second kappa shape index (κ2) is 12.5. The molecule has 2 fully saturated rings. The number of alkyl halides is 6. The smallest absolute Gasteiger partial charge is 0.416 e. The minimum Gasteiger partial charge on any atom is -0.444 e. The number of hydrogen-bond acceptors (Lipinski definition) is 4. The first kappa shape index (κ1) is 34.8. The topological polar surface area (TPSA) is 61.9 Å². The molecule has 0 saturated carbocycles.